The molecule has 0 bridgehead atoms. The van der Waals surface area contributed by atoms with Crippen molar-refractivity contribution in [1.82, 2.24) is 4.98 Å². The highest BCUT2D eigenvalue weighted by Crippen LogP contribution is 2.45. The molecule has 1 heterocycles. The molecule has 0 amide bonds. The van der Waals surface area contributed by atoms with Crippen LogP contribution in [0.2, 0.25) is 0 Å². The lowest BCUT2D eigenvalue weighted by Gasteiger charge is -2.17. The molecule has 2 N–H and O–H groups in total. The molecule has 0 spiro atoms. The number of aromatic nitrogens is 1. The smallest absolute Gasteiger partial charge is 0.123 e. The van der Waals surface area contributed by atoms with Gasteiger partial charge in [0.25, 0.3) is 0 Å². The first kappa shape index (κ1) is 9.50. The Balaban J connectivity index is 2.14. The molecule has 1 unspecified atom stereocenters. The van der Waals surface area contributed by atoms with Crippen LogP contribution in [0, 0.1) is 5.41 Å². The van der Waals surface area contributed by atoms with Crippen LogP contribution < -0.4 is 5.73 Å². The van der Waals surface area contributed by atoms with E-state index in [2.05, 4.69) is 24.9 Å². The Morgan fingerprint density at radius 2 is 2.21 bits per heavy atom. The molecule has 0 aliphatic heterocycles. The van der Waals surface area contributed by atoms with E-state index < -0.39 is 0 Å². The Morgan fingerprint density at radius 3 is 2.71 bits per heavy atom. The number of nitrogens with zero attached hydrogens (tertiary/aromatic N) is 1. The van der Waals surface area contributed by atoms with E-state index in [0.29, 0.717) is 17.2 Å². The predicted octanol–water partition coefficient (Wildman–Crippen LogP) is 2.96. The van der Waals surface area contributed by atoms with Crippen LogP contribution in [0.15, 0.2) is 18.3 Å². The van der Waals surface area contributed by atoms with E-state index in [1.807, 2.05) is 12.3 Å². The van der Waals surface area contributed by atoms with Crippen LogP contribution in [-0.2, 0) is 0 Å². The van der Waals surface area contributed by atoms with Crippen LogP contribution in [0.4, 0.5) is 5.82 Å². The second-order valence-electron chi connectivity index (χ2n) is 5.12. The first-order chi connectivity index (χ1) is 6.57. The number of nitrogens with two attached hydrogens (primary N) is 1. The van der Waals surface area contributed by atoms with Gasteiger partial charge < -0.3 is 5.73 Å². The van der Waals surface area contributed by atoms with Gasteiger partial charge in [-0.25, -0.2) is 4.98 Å². The molecule has 0 saturated heterocycles. The third-order valence-electron chi connectivity index (χ3n) is 3.25. The van der Waals surface area contributed by atoms with Crippen molar-refractivity contribution < 1.29 is 0 Å². The molecule has 2 nitrogen and oxygen atoms in total. The maximum atomic E-state index is 5.57. The summed E-state index contributed by atoms with van der Waals surface area (Å²) in [5, 5.41) is 0. The maximum Gasteiger partial charge on any atom is 0.123 e. The Labute approximate surface area is 85.5 Å². The molecular formula is C12H18N2. The van der Waals surface area contributed by atoms with Crippen LogP contribution in [0.1, 0.15) is 44.6 Å². The van der Waals surface area contributed by atoms with Crippen molar-refractivity contribution in [3.05, 3.63) is 23.9 Å². The van der Waals surface area contributed by atoms with E-state index in [4.69, 9.17) is 5.73 Å². The van der Waals surface area contributed by atoms with Crippen molar-refractivity contribution in [2.45, 2.75) is 39.0 Å². The van der Waals surface area contributed by atoms with Crippen LogP contribution in [0.25, 0.3) is 0 Å². The highest BCUT2D eigenvalue weighted by Gasteiger charge is 2.31. The average molecular weight is 190 g/mol. The summed E-state index contributed by atoms with van der Waals surface area (Å²) in [4.78, 5) is 4.15. The van der Waals surface area contributed by atoms with E-state index in [-0.39, 0.29) is 0 Å². The van der Waals surface area contributed by atoms with Gasteiger partial charge in [0.15, 0.2) is 0 Å². The molecule has 1 fully saturated rings. The van der Waals surface area contributed by atoms with Crippen molar-refractivity contribution in [3.63, 3.8) is 0 Å². The first-order valence-electron chi connectivity index (χ1n) is 5.28. The summed E-state index contributed by atoms with van der Waals surface area (Å²) in [6, 6.07) is 4.02. The second-order valence-corrected chi connectivity index (χ2v) is 5.12. The SMILES string of the molecule is CC1(C)CCC(c2ccc(N)nc2)C1. The van der Waals surface area contributed by atoms with Gasteiger partial charge in [-0.1, -0.05) is 19.9 Å². The van der Waals surface area contributed by atoms with Gasteiger partial charge in [-0.05, 0) is 42.2 Å². The molecule has 0 aromatic carbocycles. The van der Waals surface area contributed by atoms with Crippen molar-refractivity contribution in [2.75, 3.05) is 5.73 Å². The molecule has 2 rings (SSSR count). The van der Waals surface area contributed by atoms with E-state index in [0.717, 1.165) is 0 Å². The lowest BCUT2D eigenvalue weighted by molar-refractivity contribution is 0.376. The summed E-state index contributed by atoms with van der Waals surface area (Å²) in [5.74, 6) is 1.31. The molecule has 0 radical (unpaired) electrons. The van der Waals surface area contributed by atoms with E-state index >= 15 is 0 Å². The number of anilines is 1. The molecule has 1 aromatic heterocycles. The minimum absolute atomic E-state index is 0.506. The summed E-state index contributed by atoms with van der Waals surface area (Å²) in [6.07, 6.45) is 5.82. The van der Waals surface area contributed by atoms with Gasteiger partial charge in [0.2, 0.25) is 0 Å². The maximum absolute atomic E-state index is 5.57. The fourth-order valence-electron chi connectivity index (χ4n) is 2.38. The van der Waals surface area contributed by atoms with Gasteiger partial charge in [0.05, 0.1) is 0 Å². The number of hydrogen-bond donors (Lipinski definition) is 1. The Kier molecular flexibility index (Phi) is 2.22. The molecular weight excluding hydrogens is 172 g/mol. The molecule has 1 aliphatic rings. The summed E-state index contributed by atoms with van der Waals surface area (Å²) in [6.45, 7) is 4.69. The molecule has 2 heteroatoms. The Bertz CT molecular complexity index is 314. The zero-order chi connectivity index (χ0) is 10.2. The van der Waals surface area contributed by atoms with E-state index in [9.17, 15) is 0 Å². The number of pyridine rings is 1. The van der Waals surface area contributed by atoms with Crippen molar-refractivity contribution in [1.29, 1.82) is 0 Å². The normalized spacial score (nSPS) is 25.1. The highest BCUT2D eigenvalue weighted by molar-refractivity contribution is 5.31. The summed E-state index contributed by atoms with van der Waals surface area (Å²) < 4.78 is 0. The first-order valence-corrected chi connectivity index (χ1v) is 5.28. The number of rotatable bonds is 1. The lowest BCUT2D eigenvalue weighted by atomic mass is 9.89. The van der Waals surface area contributed by atoms with Gasteiger partial charge >= 0.3 is 0 Å². The van der Waals surface area contributed by atoms with Crippen LogP contribution >= 0.6 is 0 Å². The minimum atomic E-state index is 0.506. The summed E-state index contributed by atoms with van der Waals surface area (Å²) >= 11 is 0. The average Bonchev–Trinajstić information content (AvgIpc) is 2.47. The summed E-state index contributed by atoms with van der Waals surface area (Å²) in [5.41, 5.74) is 7.43. The second kappa shape index (κ2) is 3.26. The Morgan fingerprint density at radius 1 is 1.43 bits per heavy atom. The fraction of sp³-hybridized carbons (Fsp3) is 0.583. The lowest BCUT2D eigenvalue weighted by Crippen LogP contribution is -2.04. The van der Waals surface area contributed by atoms with E-state index in [1.54, 1.807) is 0 Å². The van der Waals surface area contributed by atoms with Gasteiger partial charge in [-0.15, -0.1) is 0 Å². The highest BCUT2D eigenvalue weighted by atomic mass is 14.8. The van der Waals surface area contributed by atoms with Gasteiger partial charge in [-0.2, -0.15) is 0 Å². The zero-order valence-corrected chi connectivity index (χ0v) is 8.96. The van der Waals surface area contributed by atoms with Gasteiger partial charge in [0, 0.05) is 6.20 Å². The van der Waals surface area contributed by atoms with Crippen LogP contribution in [-0.4, -0.2) is 4.98 Å². The Hall–Kier alpha value is -1.05. The molecule has 76 valence electrons. The van der Waals surface area contributed by atoms with Crippen molar-refractivity contribution >= 4 is 5.82 Å². The molecule has 1 atom stereocenters. The van der Waals surface area contributed by atoms with Crippen molar-refractivity contribution in [3.8, 4) is 0 Å². The third-order valence-corrected chi connectivity index (χ3v) is 3.25. The fourth-order valence-corrected chi connectivity index (χ4v) is 2.38. The standard InChI is InChI=1S/C12H18N2/c1-12(2)6-5-9(7-12)10-3-4-11(13)14-8-10/h3-4,8-9H,5-7H2,1-2H3,(H2,13,14). The molecule has 1 aliphatic carbocycles. The largest absolute Gasteiger partial charge is 0.384 e. The van der Waals surface area contributed by atoms with Crippen LogP contribution in [0.5, 0.6) is 0 Å². The molecule has 1 aromatic rings. The van der Waals surface area contributed by atoms with Crippen molar-refractivity contribution in [2.24, 2.45) is 5.41 Å². The monoisotopic (exact) mass is 190 g/mol. The van der Waals surface area contributed by atoms with Crippen LogP contribution in [0.3, 0.4) is 0 Å². The molecule has 14 heavy (non-hydrogen) atoms. The molecule has 1 saturated carbocycles. The van der Waals surface area contributed by atoms with E-state index in [1.165, 1.54) is 24.8 Å². The van der Waals surface area contributed by atoms with Gasteiger partial charge in [-0.3, -0.25) is 0 Å². The predicted molar refractivity (Wildman–Crippen MR) is 59.0 cm³/mol. The third kappa shape index (κ3) is 1.89. The number of hydrogen-bond acceptors (Lipinski definition) is 2. The van der Waals surface area contributed by atoms with Gasteiger partial charge in [0.1, 0.15) is 5.82 Å². The minimum Gasteiger partial charge on any atom is -0.384 e. The quantitative estimate of drug-likeness (QED) is 0.739. The topological polar surface area (TPSA) is 38.9 Å². The summed E-state index contributed by atoms with van der Waals surface area (Å²) in [7, 11) is 0. The number of nitrogen functional groups attached to an aromatic ring is 1. The zero-order valence-electron chi connectivity index (χ0n) is 8.96.